The summed E-state index contributed by atoms with van der Waals surface area (Å²) in [5.41, 5.74) is 4.88. The fraction of sp³-hybridized carbons (Fsp3) is 0.472. The largest absolute Gasteiger partial charge is 0.494 e. The molecule has 2 aromatic carbocycles. The van der Waals surface area contributed by atoms with E-state index < -0.39 is 0 Å². The Bertz CT molecular complexity index is 1710. The van der Waals surface area contributed by atoms with Crippen molar-refractivity contribution in [3.05, 3.63) is 82.8 Å². The monoisotopic (exact) mass is 626 g/mol. The summed E-state index contributed by atoms with van der Waals surface area (Å²) in [6.07, 6.45) is 5.52. The van der Waals surface area contributed by atoms with Crippen LogP contribution in [-0.2, 0) is 12.0 Å². The van der Waals surface area contributed by atoms with Gasteiger partial charge in [0.05, 0.1) is 37.7 Å². The summed E-state index contributed by atoms with van der Waals surface area (Å²) in [5, 5.41) is 25.2. The number of methoxy groups -OCH3 is 1. The predicted molar refractivity (Wildman–Crippen MR) is 178 cm³/mol. The Labute approximate surface area is 271 Å². The van der Waals surface area contributed by atoms with Crippen LogP contribution in [0.5, 0.6) is 11.5 Å². The quantitative estimate of drug-likeness (QED) is 0.196. The van der Waals surface area contributed by atoms with Gasteiger partial charge in [0.25, 0.3) is 0 Å². The van der Waals surface area contributed by atoms with Crippen LogP contribution >= 0.6 is 0 Å². The van der Waals surface area contributed by atoms with Crippen LogP contribution < -0.4 is 20.1 Å². The van der Waals surface area contributed by atoms with E-state index in [0.29, 0.717) is 29.5 Å². The molecule has 1 aliphatic carbocycles. The van der Waals surface area contributed by atoms with Gasteiger partial charge in [0.15, 0.2) is 11.5 Å². The number of fused-ring (bicyclic) bond motifs is 2. The molecule has 1 unspecified atom stereocenters. The summed E-state index contributed by atoms with van der Waals surface area (Å²) in [7, 11) is 1.54. The van der Waals surface area contributed by atoms with Crippen molar-refractivity contribution in [2.75, 3.05) is 19.0 Å². The van der Waals surface area contributed by atoms with Crippen molar-refractivity contribution in [2.45, 2.75) is 96.6 Å². The first kappa shape index (κ1) is 31.8. The van der Waals surface area contributed by atoms with Crippen LogP contribution in [0, 0.1) is 0 Å². The van der Waals surface area contributed by atoms with E-state index in [1.807, 2.05) is 42.6 Å². The van der Waals surface area contributed by atoms with E-state index >= 15 is 0 Å². The Hall–Kier alpha value is -4.15. The van der Waals surface area contributed by atoms with Gasteiger partial charge in [-0.15, -0.1) is 10.2 Å². The third-order valence-corrected chi connectivity index (χ3v) is 9.33. The first-order chi connectivity index (χ1) is 22.1. The van der Waals surface area contributed by atoms with Gasteiger partial charge in [-0.25, -0.2) is 4.79 Å². The molecule has 2 aromatic heterocycles. The first-order valence-electron chi connectivity index (χ1n) is 16.3. The van der Waals surface area contributed by atoms with Crippen LogP contribution in [0.2, 0.25) is 0 Å². The van der Waals surface area contributed by atoms with Crippen molar-refractivity contribution < 1.29 is 19.4 Å². The number of ether oxygens (including phenoxy) is 2. The number of nitrogens with one attached hydrogen (secondary N) is 2. The molecule has 10 heteroatoms. The number of aromatic nitrogens is 3. The average molecular weight is 627 g/mol. The van der Waals surface area contributed by atoms with E-state index in [9.17, 15) is 9.90 Å². The first-order valence-corrected chi connectivity index (χ1v) is 16.3. The maximum absolute atomic E-state index is 13.4. The number of hydrogen-bond donors (Lipinski definition) is 3. The molecule has 3 N–H and O–H groups in total. The fourth-order valence-corrected chi connectivity index (χ4v) is 6.95. The van der Waals surface area contributed by atoms with Gasteiger partial charge >= 0.3 is 6.03 Å². The number of carbonyl (C=O) groups is 1. The zero-order chi connectivity index (χ0) is 32.6. The average Bonchev–Trinajstić information content (AvgIpc) is 3.68. The minimum Gasteiger partial charge on any atom is -0.494 e. The van der Waals surface area contributed by atoms with Crippen molar-refractivity contribution in [3.63, 3.8) is 0 Å². The zero-order valence-electron chi connectivity index (χ0n) is 27.7. The molecular weight excluding hydrogens is 580 g/mol. The number of amides is 2. The Morgan fingerprint density at radius 2 is 1.85 bits per heavy atom. The molecule has 10 nitrogen and oxygen atoms in total. The molecule has 6 rings (SSSR count). The van der Waals surface area contributed by atoms with Gasteiger partial charge in [-0.2, -0.15) is 0 Å². The molecule has 0 saturated carbocycles. The van der Waals surface area contributed by atoms with Gasteiger partial charge in [-0.3, -0.25) is 9.30 Å². The minimum absolute atomic E-state index is 0.163. The number of aliphatic hydroxyl groups is 1. The van der Waals surface area contributed by atoms with E-state index in [4.69, 9.17) is 9.47 Å². The van der Waals surface area contributed by atoms with Crippen LogP contribution in [-0.4, -0.2) is 50.3 Å². The van der Waals surface area contributed by atoms with Crippen LogP contribution in [0.4, 0.5) is 10.5 Å². The predicted octanol–water partition coefficient (Wildman–Crippen LogP) is 6.85. The van der Waals surface area contributed by atoms with Crippen molar-refractivity contribution in [2.24, 2.45) is 0 Å². The van der Waals surface area contributed by atoms with E-state index in [1.54, 1.807) is 7.11 Å². The van der Waals surface area contributed by atoms with Gasteiger partial charge in [0.1, 0.15) is 17.6 Å². The number of anilines is 1. The second kappa shape index (κ2) is 12.9. The molecule has 2 amide bonds. The molecule has 46 heavy (non-hydrogen) atoms. The number of carbonyl (C=O) groups excluding carboxylic acids is 1. The Balaban J connectivity index is 1.20. The van der Waals surface area contributed by atoms with Crippen LogP contribution in [0.15, 0.2) is 54.7 Å². The number of hydrogen-bond acceptors (Lipinski definition) is 7. The normalized spacial score (nSPS) is 20.1. The number of pyridine rings is 1. The van der Waals surface area contributed by atoms with Crippen molar-refractivity contribution in [3.8, 4) is 11.5 Å². The summed E-state index contributed by atoms with van der Waals surface area (Å²) < 4.78 is 14.3. The van der Waals surface area contributed by atoms with Gasteiger partial charge in [0.2, 0.25) is 0 Å². The summed E-state index contributed by atoms with van der Waals surface area (Å²) in [6, 6.07) is 16.1. The lowest BCUT2D eigenvalue weighted by Gasteiger charge is -2.32. The molecule has 244 valence electrons. The van der Waals surface area contributed by atoms with Gasteiger partial charge in [-0.05, 0) is 92.4 Å². The standard InChI is InChI=1S/C36H46N6O4/c1-22(2)41-17-9-12-30(41)34-40-39-32-16-13-25(20-42(32)34)46-31-15-14-28(26-10-7-8-11-27(26)31)37-35(44)38-29-19-24(36(3,4)5)18-23(21-43)33(29)45-6/h7-8,10-11,13,16,18-20,22,28,30-31,43H,9,12,14-15,17,21H2,1-6H3,(H2,37,38,44)/t28-,30?,31+/m0/s1. The SMILES string of the molecule is COc1c(CO)cc(C(C)(C)C)cc1NC(=O)N[C@H]1CC[C@@H](Oc2ccc3nnc(C4CCCN4C(C)C)n3c2)c2ccccc21. The van der Waals surface area contributed by atoms with E-state index in [2.05, 4.69) is 76.9 Å². The molecule has 2 aliphatic rings. The smallest absolute Gasteiger partial charge is 0.319 e. The maximum Gasteiger partial charge on any atom is 0.319 e. The van der Waals surface area contributed by atoms with E-state index in [1.165, 1.54) is 0 Å². The Kier molecular flexibility index (Phi) is 8.94. The summed E-state index contributed by atoms with van der Waals surface area (Å²) in [4.78, 5) is 15.9. The fourth-order valence-electron chi connectivity index (χ4n) is 6.95. The number of likely N-dealkylation sites (tertiary alicyclic amines) is 1. The Morgan fingerprint density at radius 3 is 2.57 bits per heavy atom. The molecule has 1 fully saturated rings. The summed E-state index contributed by atoms with van der Waals surface area (Å²) in [5.74, 6) is 2.18. The van der Waals surface area contributed by atoms with Crippen molar-refractivity contribution >= 4 is 17.4 Å². The Morgan fingerprint density at radius 1 is 1.07 bits per heavy atom. The number of benzene rings is 2. The maximum atomic E-state index is 13.4. The molecule has 0 radical (unpaired) electrons. The van der Waals surface area contributed by atoms with Gasteiger partial charge < -0.3 is 25.2 Å². The third-order valence-electron chi connectivity index (χ3n) is 9.33. The highest BCUT2D eigenvalue weighted by atomic mass is 16.5. The molecule has 0 bridgehead atoms. The lowest BCUT2D eigenvalue weighted by Crippen LogP contribution is -2.35. The highest BCUT2D eigenvalue weighted by Gasteiger charge is 2.33. The number of nitrogens with zero attached hydrogens (tertiary/aromatic N) is 4. The van der Waals surface area contributed by atoms with Crippen LogP contribution in [0.3, 0.4) is 0 Å². The lowest BCUT2D eigenvalue weighted by molar-refractivity contribution is 0.171. The molecule has 1 aliphatic heterocycles. The van der Waals surface area contributed by atoms with Gasteiger partial charge in [-0.1, -0.05) is 45.0 Å². The van der Waals surface area contributed by atoms with Crippen molar-refractivity contribution in [1.82, 2.24) is 24.8 Å². The second-order valence-electron chi connectivity index (χ2n) is 13.7. The molecular formula is C36H46N6O4. The van der Waals surface area contributed by atoms with E-state index in [-0.39, 0.29) is 36.2 Å². The molecule has 4 aromatic rings. The van der Waals surface area contributed by atoms with Crippen LogP contribution in [0.1, 0.15) is 107 Å². The minimum atomic E-state index is -0.333. The third kappa shape index (κ3) is 6.28. The summed E-state index contributed by atoms with van der Waals surface area (Å²) in [6.45, 7) is 11.6. The molecule has 3 heterocycles. The zero-order valence-corrected chi connectivity index (χ0v) is 27.7. The topological polar surface area (TPSA) is 113 Å². The summed E-state index contributed by atoms with van der Waals surface area (Å²) >= 11 is 0. The van der Waals surface area contributed by atoms with Crippen molar-refractivity contribution in [1.29, 1.82) is 0 Å². The number of rotatable bonds is 8. The van der Waals surface area contributed by atoms with Crippen LogP contribution in [0.25, 0.3) is 5.65 Å². The molecule has 0 spiro atoms. The molecule has 1 saturated heterocycles. The highest BCUT2D eigenvalue weighted by molar-refractivity contribution is 5.92. The van der Waals surface area contributed by atoms with E-state index in [0.717, 1.165) is 59.7 Å². The lowest BCUT2D eigenvalue weighted by atomic mass is 9.85. The number of aliphatic hydroxyl groups excluding tert-OH is 1. The second-order valence-corrected chi connectivity index (χ2v) is 13.7. The number of urea groups is 1. The molecule has 3 atom stereocenters. The highest BCUT2D eigenvalue weighted by Crippen LogP contribution is 2.40. The van der Waals surface area contributed by atoms with Gasteiger partial charge in [0, 0.05) is 11.6 Å².